The fraction of sp³-hybridized carbons (Fsp3) is 0.294. The molecular formula is C17H16F5NO4S. The van der Waals surface area contributed by atoms with Crippen LogP contribution in [0, 0.1) is 18.6 Å². The summed E-state index contributed by atoms with van der Waals surface area (Å²) in [6.45, 7) is 2.95. The zero-order chi connectivity index (χ0) is 21.1. The summed E-state index contributed by atoms with van der Waals surface area (Å²) < 4.78 is 95.0. The van der Waals surface area contributed by atoms with E-state index in [1.807, 2.05) is 6.92 Å². The molecule has 3 rings (SSSR count). The van der Waals surface area contributed by atoms with E-state index in [1.165, 1.54) is 12.1 Å². The van der Waals surface area contributed by atoms with Crippen molar-refractivity contribution in [3.63, 3.8) is 0 Å². The molecule has 5 nitrogen and oxygen atoms in total. The van der Waals surface area contributed by atoms with Crippen LogP contribution in [0.25, 0.3) is 0 Å². The molecule has 2 N–H and O–H groups in total. The Hall–Kier alpha value is -2.24. The summed E-state index contributed by atoms with van der Waals surface area (Å²) in [6, 6.07) is 7.73. The van der Waals surface area contributed by atoms with E-state index in [1.54, 1.807) is 12.1 Å². The van der Waals surface area contributed by atoms with Gasteiger partial charge in [-0.1, -0.05) is 17.7 Å². The molecule has 1 aliphatic heterocycles. The number of rotatable bonds is 3. The highest BCUT2D eigenvalue weighted by Crippen LogP contribution is 2.32. The van der Waals surface area contributed by atoms with Gasteiger partial charge in [-0.2, -0.15) is 8.42 Å². The van der Waals surface area contributed by atoms with Gasteiger partial charge < -0.3 is 10.1 Å². The Morgan fingerprint density at radius 3 is 1.93 bits per heavy atom. The minimum atomic E-state index is -5.11. The van der Waals surface area contributed by atoms with Gasteiger partial charge in [0.1, 0.15) is 0 Å². The highest BCUT2D eigenvalue weighted by atomic mass is 32.2. The van der Waals surface area contributed by atoms with Gasteiger partial charge in [0.05, 0.1) is 4.90 Å². The van der Waals surface area contributed by atoms with Crippen LogP contribution in [0.1, 0.15) is 17.0 Å². The first kappa shape index (κ1) is 22.1. The van der Waals surface area contributed by atoms with Gasteiger partial charge in [0.2, 0.25) is 5.75 Å². The first-order chi connectivity index (χ1) is 12.9. The summed E-state index contributed by atoms with van der Waals surface area (Å²) in [5, 5.41) is 2.90. The zero-order valence-electron chi connectivity index (χ0n) is 14.4. The van der Waals surface area contributed by atoms with Crippen molar-refractivity contribution >= 4 is 10.1 Å². The summed E-state index contributed by atoms with van der Waals surface area (Å²) in [6.07, 6.45) is -5.11. The number of halogens is 5. The van der Waals surface area contributed by atoms with E-state index in [0.717, 1.165) is 17.7 Å². The third-order valence-electron chi connectivity index (χ3n) is 3.81. The fourth-order valence-corrected chi connectivity index (χ4v) is 2.74. The van der Waals surface area contributed by atoms with Crippen LogP contribution in [0.4, 0.5) is 22.0 Å². The minimum Gasteiger partial charge on any atom is -0.399 e. The van der Waals surface area contributed by atoms with E-state index < -0.39 is 33.9 Å². The van der Waals surface area contributed by atoms with Gasteiger partial charge in [-0.05, 0) is 36.8 Å². The van der Waals surface area contributed by atoms with Crippen LogP contribution in [0.2, 0.25) is 0 Å². The molecular weight excluding hydrogens is 409 g/mol. The Labute approximate surface area is 157 Å². The van der Waals surface area contributed by atoms with Gasteiger partial charge in [0.15, 0.2) is 11.6 Å². The average Bonchev–Trinajstić information content (AvgIpc) is 2.48. The molecule has 2 aromatic carbocycles. The van der Waals surface area contributed by atoms with E-state index in [9.17, 15) is 30.4 Å². The highest BCUT2D eigenvalue weighted by molar-refractivity contribution is 7.85. The van der Waals surface area contributed by atoms with Crippen molar-refractivity contribution < 1.29 is 39.7 Å². The lowest BCUT2D eigenvalue weighted by Gasteiger charge is -2.27. The number of nitrogens with one attached hydrogen (secondary N) is 1. The first-order valence-electron chi connectivity index (χ1n) is 7.86. The van der Waals surface area contributed by atoms with Crippen molar-refractivity contribution in [2.45, 2.75) is 24.1 Å². The number of aryl methyl sites for hydroxylation is 1. The molecule has 0 bridgehead atoms. The maximum absolute atomic E-state index is 13.3. The van der Waals surface area contributed by atoms with E-state index in [4.69, 9.17) is 4.55 Å². The van der Waals surface area contributed by atoms with Crippen molar-refractivity contribution in [2.75, 3.05) is 13.1 Å². The van der Waals surface area contributed by atoms with Crippen LogP contribution < -0.4 is 10.1 Å². The molecule has 0 spiro atoms. The molecule has 1 fully saturated rings. The van der Waals surface area contributed by atoms with E-state index in [0.29, 0.717) is 18.7 Å². The molecule has 0 aliphatic carbocycles. The molecule has 0 atom stereocenters. The number of alkyl halides is 3. The lowest BCUT2D eigenvalue weighted by molar-refractivity contribution is -0.276. The molecule has 154 valence electrons. The number of hydrogen-bond donors (Lipinski definition) is 2. The summed E-state index contributed by atoms with van der Waals surface area (Å²) in [7, 11) is -4.02. The number of ether oxygens (including phenoxy) is 1. The quantitative estimate of drug-likeness (QED) is 0.578. The largest absolute Gasteiger partial charge is 0.573 e. The lowest BCUT2D eigenvalue weighted by atomic mass is 9.93. The van der Waals surface area contributed by atoms with Crippen molar-refractivity contribution in [2.24, 2.45) is 0 Å². The lowest BCUT2D eigenvalue weighted by Crippen LogP contribution is -2.40. The Morgan fingerprint density at radius 1 is 1.07 bits per heavy atom. The van der Waals surface area contributed by atoms with Crippen LogP contribution in [0.3, 0.4) is 0 Å². The van der Waals surface area contributed by atoms with Crippen LogP contribution >= 0.6 is 0 Å². The van der Waals surface area contributed by atoms with Gasteiger partial charge in [-0.15, -0.1) is 13.2 Å². The predicted molar refractivity (Wildman–Crippen MR) is 89.6 cm³/mol. The summed E-state index contributed by atoms with van der Waals surface area (Å²) >= 11 is 0. The van der Waals surface area contributed by atoms with Crippen molar-refractivity contribution in [1.29, 1.82) is 0 Å². The zero-order valence-corrected chi connectivity index (χ0v) is 15.2. The molecule has 1 heterocycles. The van der Waals surface area contributed by atoms with Crippen LogP contribution in [0.5, 0.6) is 5.75 Å². The van der Waals surface area contributed by atoms with E-state index >= 15 is 0 Å². The molecule has 0 amide bonds. The van der Waals surface area contributed by atoms with Crippen LogP contribution in [-0.4, -0.2) is 32.4 Å². The molecule has 1 saturated heterocycles. The Kier molecular flexibility index (Phi) is 6.63. The second-order valence-corrected chi connectivity index (χ2v) is 7.43. The molecule has 0 saturated carbocycles. The SMILES string of the molecule is Cc1ccc(S(=O)(=O)O)cc1.Fc1cc(C2CNC2)cc(F)c1OC(F)(F)F. The summed E-state index contributed by atoms with van der Waals surface area (Å²) in [5.74, 6) is -4.17. The smallest absolute Gasteiger partial charge is 0.399 e. The molecule has 0 radical (unpaired) electrons. The van der Waals surface area contributed by atoms with Crippen LogP contribution in [-0.2, 0) is 10.1 Å². The highest BCUT2D eigenvalue weighted by Gasteiger charge is 2.34. The van der Waals surface area contributed by atoms with Gasteiger partial charge in [-0.3, -0.25) is 4.55 Å². The van der Waals surface area contributed by atoms with E-state index in [-0.39, 0.29) is 10.8 Å². The number of benzene rings is 2. The first-order valence-corrected chi connectivity index (χ1v) is 9.30. The van der Waals surface area contributed by atoms with Gasteiger partial charge in [0.25, 0.3) is 10.1 Å². The maximum Gasteiger partial charge on any atom is 0.573 e. The molecule has 28 heavy (non-hydrogen) atoms. The molecule has 2 aromatic rings. The van der Waals surface area contributed by atoms with E-state index in [2.05, 4.69) is 10.1 Å². The third kappa shape index (κ3) is 6.14. The second-order valence-electron chi connectivity index (χ2n) is 6.00. The Bertz CT molecular complexity index is 903. The Balaban J connectivity index is 0.000000221. The Morgan fingerprint density at radius 2 is 1.57 bits per heavy atom. The molecule has 0 unspecified atom stereocenters. The second kappa shape index (κ2) is 8.41. The average molecular weight is 425 g/mol. The fourth-order valence-electron chi connectivity index (χ4n) is 2.26. The molecule has 1 aliphatic rings. The van der Waals surface area contributed by atoms with Crippen molar-refractivity contribution in [3.05, 3.63) is 59.2 Å². The summed E-state index contributed by atoms with van der Waals surface area (Å²) in [5.41, 5.74) is 1.28. The van der Waals surface area contributed by atoms with Crippen molar-refractivity contribution in [1.82, 2.24) is 5.32 Å². The van der Waals surface area contributed by atoms with Gasteiger partial charge in [-0.25, -0.2) is 8.78 Å². The summed E-state index contributed by atoms with van der Waals surface area (Å²) in [4.78, 5) is -0.0666. The predicted octanol–water partition coefficient (Wildman–Crippen LogP) is 3.79. The third-order valence-corrected chi connectivity index (χ3v) is 4.68. The standard InChI is InChI=1S/C10H8F5NO.C7H8O3S/c11-7-1-5(6-3-16-4-6)2-8(12)9(7)17-10(13,14)15;1-6-2-4-7(5-3-6)11(8,9)10/h1-2,6,16H,3-4H2;2-5H,1H3,(H,8,9,10). The topological polar surface area (TPSA) is 75.6 Å². The van der Waals surface area contributed by atoms with Gasteiger partial charge in [0, 0.05) is 19.0 Å². The normalized spacial score (nSPS) is 14.7. The van der Waals surface area contributed by atoms with Gasteiger partial charge >= 0.3 is 6.36 Å². The monoisotopic (exact) mass is 425 g/mol. The van der Waals surface area contributed by atoms with Crippen LogP contribution in [0.15, 0.2) is 41.3 Å². The molecule has 0 aromatic heterocycles. The number of hydrogen-bond acceptors (Lipinski definition) is 4. The van der Waals surface area contributed by atoms with Crippen molar-refractivity contribution in [3.8, 4) is 5.75 Å². The maximum atomic E-state index is 13.3. The molecule has 11 heteroatoms. The minimum absolute atomic E-state index is 0.0666.